The normalized spacial score (nSPS) is 16.0. The first kappa shape index (κ1) is 18.6. The Labute approximate surface area is 153 Å². The topological polar surface area (TPSA) is 58.4 Å². The minimum Gasteiger partial charge on any atom is -0.357 e. The third kappa shape index (κ3) is 3.80. The van der Waals surface area contributed by atoms with Crippen molar-refractivity contribution in [3.63, 3.8) is 0 Å². The van der Waals surface area contributed by atoms with Crippen LogP contribution in [0.25, 0.3) is 0 Å². The van der Waals surface area contributed by atoms with Crippen molar-refractivity contribution in [2.45, 2.75) is 24.9 Å². The first-order valence-corrected chi connectivity index (χ1v) is 8.47. The highest BCUT2D eigenvalue weighted by Gasteiger charge is 2.34. The van der Waals surface area contributed by atoms with Gasteiger partial charge in [0.05, 0.1) is 16.3 Å². The van der Waals surface area contributed by atoms with Crippen molar-refractivity contribution in [2.75, 3.05) is 25.5 Å². The number of nitrogens with zero attached hydrogens (tertiary/aromatic N) is 2. The van der Waals surface area contributed by atoms with Gasteiger partial charge < -0.3 is 14.7 Å². The maximum absolute atomic E-state index is 12.8. The summed E-state index contributed by atoms with van der Waals surface area (Å²) in [5.41, 5.74) is 0.0418. The molecule has 1 fully saturated rings. The van der Waals surface area contributed by atoms with Gasteiger partial charge in [-0.1, -0.05) is 16.8 Å². The lowest BCUT2D eigenvalue weighted by molar-refractivity contribution is -0.137. The molecule has 5 nitrogen and oxygen atoms in total. The molecule has 2 aromatic rings. The molecule has 1 aliphatic heterocycles. The highest BCUT2D eigenvalue weighted by atomic mass is 35.5. The Bertz CT molecular complexity index is 799. The second kappa shape index (κ2) is 7.19. The molecule has 0 aliphatic carbocycles. The Morgan fingerprint density at radius 1 is 1.31 bits per heavy atom. The summed E-state index contributed by atoms with van der Waals surface area (Å²) in [6.45, 7) is 0.980. The van der Waals surface area contributed by atoms with Crippen LogP contribution in [0, 0.1) is 0 Å². The number of anilines is 1. The molecule has 2 heterocycles. The van der Waals surface area contributed by atoms with Gasteiger partial charge in [-0.05, 0) is 31.0 Å². The summed E-state index contributed by atoms with van der Waals surface area (Å²) in [4.78, 5) is 14.2. The van der Waals surface area contributed by atoms with Crippen LogP contribution >= 0.6 is 11.6 Å². The Balaban J connectivity index is 1.66. The molecule has 140 valence electrons. The van der Waals surface area contributed by atoms with Gasteiger partial charge in [0.25, 0.3) is 5.91 Å². The number of piperidine rings is 1. The van der Waals surface area contributed by atoms with Crippen LogP contribution in [0.4, 0.5) is 19.1 Å². The Morgan fingerprint density at radius 2 is 2.00 bits per heavy atom. The van der Waals surface area contributed by atoms with E-state index < -0.39 is 16.8 Å². The zero-order valence-electron chi connectivity index (χ0n) is 13.9. The van der Waals surface area contributed by atoms with Crippen LogP contribution < -0.4 is 5.32 Å². The van der Waals surface area contributed by atoms with Crippen LogP contribution in [0.2, 0.25) is 5.02 Å². The van der Waals surface area contributed by atoms with Crippen molar-refractivity contribution >= 4 is 23.4 Å². The number of aromatic nitrogens is 1. The van der Waals surface area contributed by atoms with Crippen molar-refractivity contribution in [3.8, 4) is 0 Å². The van der Waals surface area contributed by atoms with Crippen molar-refractivity contribution in [1.29, 1.82) is 0 Å². The molecule has 1 aromatic heterocycles. The molecule has 3 rings (SSSR count). The van der Waals surface area contributed by atoms with Crippen LogP contribution in [0.1, 0.15) is 40.4 Å². The van der Waals surface area contributed by atoms with Gasteiger partial charge in [-0.25, -0.2) is 0 Å². The van der Waals surface area contributed by atoms with Crippen LogP contribution in [0.5, 0.6) is 0 Å². The molecule has 0 atom stereocenters. The van der Waals surface area contributed by atoms with E-state index >= 15 is 0 Å². The maximum Gasteiger partial charge on any atom is 0.417 e. The lowest BCUT2D eigenvalue weighted by atomic mass is 9.93. The van der Waals surface area contributed by atoms with E-state index in [2.05, 4.69) is 10.5 Å². The highest BCUT2D eigenvalue weighted by Crippen LogP contribution is 2.35. The number of halogens is 4. The lowest BCUT2D eigenvalue weighted by Crippen LogP contribution is -2.38. The zero-order valence-corrected chi connectivity index (χ0v) is 14.7. The van der Waals surface area contributed by atoms with Crippen molar-refractivity contribution in [1.82, 2.24) is 10.1 Å². The largest absolute Gasteiger partial charge is 0.417 e. The average molecular weight is 388 g/mol. The average Bonchev–Trinajstić information content (AvgIpc) is 3.09. The molecular weight excluding hydrogens is 371 g/mol. The molecule has 0 radical (unpaired) electrons. The Hall–Kier alpha value is -2.22. The standard InChI is InChI=1S/C17H17ClF3N3O2/c1-22-15-9-14(23-26-15)10-4-6-24(7-5-10)16(25)11-2-3-12(13(18)8-11)17(19,20)21/h2-3,8-10,22H,4-7H2,1H3. The van der Waals surface area contributed by atoms with Gasteiger partial charge in [0.1, 0.15) is 0 Å². The number of hydrogen-bond donors (Lipinski definition) is 1. The molecule has 0 saturated carbocycles. The molecule has 0 bridgehead atoms. The summed E-state index contributed by atoms with van der Waals surface area (Å²) in [5, 5.41) is 6.42. The zero-order chi connectivity index (χ0) is 18.9. The van der Waals surface area contributed by atoms with E-state index in [4.69, 9.17) is 16.1 Å². The predicted octanol–water partition coefficient (Wildman–Crippen LogP) is 4.41. The first-order valence-electron chi connectivity index (χ1n) is 8.10. The van der Waals surface area contributed by atoms with Gasteiger partial charge in [0, 0.05) is 37.7 Å². The summed E-state index contributed by atoms with van der Waals surface area (Å²) >= 11 is 5.70. The van der Waals surface area contributed by atoms with E-state index in [9.17, 15) is 18.0 Å². The smallest absolute Gasteiger partial charge is 0.357 e. The van der Waals surface area contributed by atoms with Gasteiger partial charge in [0.15, 0.2) is 0 Å². The van der Waals surface area contributed by atoms with E-state index in [-0.39, 0.29) is 17.4 Å². The van der Waals surface area contributed by atoms with Crippen LogP contribution in [0.15, 0.2) is 28.8 Å². The minimum absolute atomic E-state index is 0.153. The van der Waals surface area contributed by atoms with E-state index in [1.165, 1.54) is 6.07 Å². The van der Waals surface area contributed by atoms with Crippen molar-refractivity contribution in [3.05, 3.63) is 46.1 Å². The molecule has 1 saturated heterocycles. The number of amides is 1. The van der Waals surface area contributed by atoms with Gasteiger partial charge in [0.2, 0.25) is 5.88 Å². The maximum atomic E-state index is 12.8. The van der Waals surface area contributed by atoms with Gasteiger partial charge in [-0.3, -0.25) is 4.79 Å². The molecular formula is C17H17ClF3N3O2. The van der Waals surface area contributed by atoms with Gasteiger partial charge in [-0.15, -0.1) is 0 Å². The number of alkyl halides is 3. The SMILES string of the molecule is CNc1cc(C2CCN(C(=O)c3ccc(C(F)(F)F)c(Cl)c3)CC2)no1. The highest BCUT2D eigenvalue weighted by molar-refractivity contribution is 6.31. The van der Waals surface area contributed by atoms with Gasteiger partial charge >= 0.3 is 6.18 Å². The fourth-order valence-corrected chi connectivity index (χ4v) is 3.33. The predicted molar refractivity (Wildman–Crippen MR) is 90.4 cm³/mol. The van der Waals surface area contributed by atoms with E-state index in [0.29, 0.717) is 31.8 Å². The van der Waals surface area contributed by atoms with Crippen LogP contribution in [0.3, 0.4) is 0 Å². The fraction of sp³-hybridized carbons (Fsp3) is 0.412. The number of carbonyl (C=O) groups excluding carboxylic acids is 1. The lowest BCUT2D eigenvalue weighted by Gasteiger charge is -2.31. The Kier molecular flexibility index (Phi) is 5.13. The Morgan fingerprint density at radius 3 is 2.54 bits per heavy atom. The monoisotopic (exact) mass is 387 g/mol. The molecule has 1 aliphatic rings. The summed E-state index contributed by atoms with van der Waals surface area (Å²) in [6.07, 6.45) is -3.13. The fourth-order valence-electron chi connectivity index (χ4n) is 3.04. The summed E-state index contributed by atoms with van der Waals surface area (Å²) in [7, 11) is 1.74. The van der Waals surface area contributed by atoms with E-state index in [0.717, 1.165) is 17.8 Å². The summed E-state index contributed by atoms with van der Waals surface area (Å²) in [6, 6.07) is 4.92. The van der Waals surface area contributed by atoms with E-state index in [1.807, 2.05) is 6.07 Å². The molecule has 1 aromatic carbocycles. The molecule has 0 spiro atoms. The third-order valence-electron chi connectivity index (χ3n) is 4.50. The number of nitrogens with one attached hydrogen (secondary N) is 1. The second-order valence-corrected chi connectivity index (χ2v) is 6.53. The summed E-state index contributed by atoms with van der Waals surface area (Å²) in [5.74, 6) is 0.439. The van der Waals surface area contributed by atoms with Crippen molar-refractivity contribution in [2.24, 2.45) is 0 Å². The number of likely N-dealkylation sites (tertiary alicyclic amines) is 1. The van der Waals surface area contributed by atoms with Crippen molar-refractivity contribution < 1.29 is 22.5 Å². The quantitative estimate of drug-likeness (QED) is 0.847. The molecule has 1 N–H and O–H groups in total. The number of rotatable bonds is 3. The molecule has 1 amide bonds. The van der Waals surface area contributed by atoms with Gasteiger partial charge in [-0.2, -0.15) is 13.2 Å². The number of benzene rings is 1. The second-order valence-electron chi connectivity index (χ2n) is 6.12. The first-order chi connectivity index (χ1) is 12.3. The number of carbonyl (C=O) groups is 1. The van der Waals surface area contributed by atoms with E-state index in [1.54, 1.807) is 11.9 Å². The minimum atomic E-state index is -4.54. The third-order valence-corrected chi connectivity index (χ3v) is 4.81. The molecule has 26 heavy (non-hydrogen) atoms. The molecule has 0 unspecified atom stereocenters. The molecule has 9 heteroatoms. The summed E-state index contributed by atoms with van der Waals surface area (Å²) < 4.78 is 43.4. The number of hydrogen-bond acceptors (Lipinski definition) is 4. The van der Waals surface area contributed by atoms with Crippen LogP contribution in [-0.4, -0.2) is 36.1 Å². The van der Waals surface area contributed by atoms with Crippen LogP contribution in [-0.2, 0) is 6.18 Å².